The molecule has 2 aromatic rings. The van der Waals surface area contributed by atoms with E-state index in [1.165, 1.54) is 6.20 Å². The molecule has 5 nitrogen and oxygen atoms in total. The summed E-state index contributed by atoms with van der Waals surface area (Å²) >= 11 is 0. The summed E-state index contributed by atoms with van der Waals surface area (Å²) < 4.78 is 0. The highest BCUT2D eigenvalue weighted by atomic mass is 16.6. The zero-order valence-electron chi connectivity index (χ0n) is 11.5. The van der Waals surface area contributed by atoms with Crippen molar-refractivity contribution < 1.29 is 9.72 Å². The van der Waals surface area contributed by atoms with Crippen molar-refractivity contribution in [1.82, 2.24) is 4.98 Å². The van der Waals surface area contributed by atoms with E-state index in [1.807, 2.05) is 30.3 Å². The maximum atomic E-state index is 12.3. The fourth-order valence-electron chi connectivity index (χ4n) is 2.19. The van der Waals surface area contributed by atoms with Crippen LogP contribution in [-0.2, 0) is 6.42 Å². The molecule has 1 heterocycles. The monoisotopic (exact) mass is 284 g/mol. The summed E-state index contributed by atoms with van der Waals surface area (Å²) in [5.74, 6) is -0.904. The number of carbonyl (C=O) groups excluding carboxylic acids is 1. The number of pyridine rings is 1. The number of carbonyl (C=O) groups is 1. The molecule has 21 heavy (non-hydrogen) atoms. The molecule has 108 valence electrons. The first-order valence-corrected chi connectivity index (χ1v) is 6.78. The van der Waals surface area contributed by atoms with Gasteiger partial charge in [-0.05, 0) is 30.5 Å². The van der Waals surface area contributed by atoms with Crippen LogP contribution in [0, 0.1) is 16.0 Å². The van der Waals surface area contributed by atoms with Crippen LogP contribution in [0.3, 0.4) is 0 Å². The summed E-state index contributed by atoms with van der Waals surface area (Å²) in [6.07, 6.45) is 2.60. The van der Waals surface area contributed by atoms with Crippen LogP contribution in [0.2, 0.25) is 0 Å². The zero-order chi connectivity index (χ0) is 15.1. The number of Topliss-reactive ketones (excluding diaryl/α,β-unsaturated/α-hetero) is 1. The minimum absolute atomic E-state index is 0.261. The summed E-state index contributed by atoms with van der Waals surface area (Å²) in [5, 5.41) is 10.8. The lowest BCUT2D eigenvalue weighted by Gasteiger charge is -2.11. The summed E-state index contributed by atoms with van der Waals surface area (Å²) in [4.78, 5) is 26.7. The molecule has 1 aromatic heterocycles. The van der Waals surface area contributed by atoms with Crippen LogP contribution in [0.4, 0.5) is 0 Å². The molecular formula is C16H16N2O3. The lowest BCUT2D eigenvalue weighted by Crippen LogP contribution is -2.24. The molecule has 0 aliphatic carbocycles. The first kappa shape index (κ1) is 14.8. The maximum Gasteiger partial charge on any atom is 0.214 e. The van der Waals surface area contributed by atoms with Crippen LogP contribution in [0.5, 0.6) is 0 Å². The molecule has 2 rings (SSSR count). The largest absolute Gasteiger partial charge is 0.292 e. The van der Waals surface area contributed by atoms with E-state index in [9.17, 15) is 14.9 Å². The van der Waals surface area contributed by atoms with Crippen molar-refractivity contribution in [3.63, 3.8) is 0 Å². The van der Waals surface area contributed by atoms with Gasteiger partial charge < -0.3 is 0 Å². The number of nitro groups is 1. The van der Waals surface area contributed by atoms with E-state index < -0.39 is 10.8 Å². The maximum absolute atomic E-state index is 12.3. The van der Waals surface area contributed by atoms with Gasteiger partial charge in [-0.25, -0.2) is 0 Å². The molecule has 0 N–H and O–H groups in total. The third-order valence-electron chi connectivity index (χ3n) is 3.28. The Kier molecular flexibility index (Phi) is 5.15. The Morgan fingerprint density at radius 2 is 1.86 bits per heavy atom. The number of hydrogen-bond donors (Lipinski definition) is 0. The minimum atomic E-state index is -0.643. The normalized spacial score (nSPS) is 11.8. The topological polar surface area (TPSA) is 73.1 Å². The Labute approximate surface area is 122 Å². The molecule has 1 aromatic carbocycles. The van der Waals surface area contributed by atoms with Crippen molar-refractivity contribution in [2.75, 3.05) is 6.54 Å². The number of ketones is 1. The van der Waals surface area contributed by atoms with E-state index in [4.69, 9.17) is 0 Å². The Morgan fingerprint density at radius 1 is 1.14 bits per heavy atom. The number of aryl methyl sites for hydroxylation is 1. The predicted molar refractivity (Wildman–Crippen MR) is 78.7 cm³/mol. The molecule has 1 atom stereocenters. The quantitative estimate of drug-likeness (QED) is 0.445. The number of benzene rings is 1. The average Bonchev–Trinajstić information content (AvgIpc) is 2.52. The standard InChI is InChI=1S/C16H16N2O3/c19-16(15-8-4-5-11-17-15)14(12-18(20)21)10-9-13-6-2-1-3-7-13/h1-8,11,14H,9-10,12H2. The predicted octanol–water partition coefficient (Wildman–Crippen LogP) is 2.79. The smallest absolute Gasteiger partial charge is 0.214 e. The molecule has 0 aliphatic heterocycles. The summed E-state index contributed by atoms with van der Waals surface area (Å²) in [7, 11) is 0. The fraction of sp³-hybridized carbons (Fsp3) is 0.250. The summed E-state index contributed by atoms with van der Waals surface area (Å²) in [6, 6.07) is 14.7. The Morgan fingerprint density at radius 3 is 2.48 bits per heavy atom. The fourth-order valence-corrected chi connectivity index (χ4v) is 2.19. The highest BCUT2D eigenvalue weighted by molar-refractivity contribution is 5.96. The van der Waals surface area contributed by atoms with E-state index in [0.29, 0.717) is 12.8 Å². The molecule has 0 radical (unpaired) electrons. The van der Waals surface area contributed by atoms with E-state index in [1.54, 1.807) is 18.2 Å². The first-order chi connectivity index (χ1) is 10.2. The summed E-state index contributed by atoms with van der Waals surface area (Å²) in [5.41, 5.74) is 1.36. The van der Waals surface area contributed by atoms with Crippen LogP contribution in [0.25, 0.3) is 0 Å². The second kappa shape index (κ2) is 7.28. The highest BCUT2D eigenvalue weighted by Crippen LogP contribution is 2.15. The second-order valence-electron chi connectivity index (χ2n) is 4.82. The molecular weight excluding hydrogens is 268 g/mol. The van der Waals surface area contributed by atoms with Gasteiger partial charge in [0.15, 0.2) is 5.78 Å². The third kappa shape index (κ3) is 4.49. The minimum Gasteiger partial charge on any atom is -0.292 e. The molecule has 0 aliphatic rings. The van der Waals surface area contributed by atoms with Gasteiger partial charge in [0.1, 0.15) is 5.69 Å². The van der Waals surface area contributed by atoms with Gasteiger partial charge in [-0.1, -0.05) is 36.4 Å². The van der Waals surface area contributed by atoms with E-state index in [-0.39, 0.29) is 18.0 Å². The van der Waals surface area contributed by atoms with Crippen LogP contribution < -0.4 is 0 Å². The Balaban J connectivity index is 2.07. The van der Waals surface area contributed by atoms with Crippen LogP contribution in [0.15, 0.2) is 54.7 Å². The molecule has 0 amide bonds. The lowest BCUT2D eigenvalue weighted by atomic mass is 9.93. The van der Waals surface area contributed by atoms with Crippen molar-refractivity contribution in [3.05, 3.63) is 76.1 Å². The van der Waals surface area contributed by atoms with Crippen molar-refractivity contribution in [1.29, 1.82) is 0 Å². The highest BCUT2D eigenvalue weighted by Gasteiger charge is 2.25. The second-order valence-corrected chi connectivity index (χ2v) is 4.82. The molecule has 5 heteroatoms. The van der Waals surface area contributed by atoms with Gasteiger partial charge in [0.2, 0.25) is 6.54 Å². The third-order valence-corrected chi connectivity index (χ3v) is 3.28. The molecule has 0 bridgehead atoms. The Bertz CT molecular complexity index is 599. The van der Waals surface area contributed by atoms with Gasteiger partial charge in [0.05, 0.1) is 5.92 Å². The van der Waals surface area contributed by atoms with Crippen LogP contribution in [-0.4, -0.2) is 22.2 Å². The molecule has 0 saturated heterocycles. The lowest BCUT2D eigenvalue weighted by molar-refractivity contribution is -0.485. The molecule has 0 saturated carbocycles. The van der Waals surface area contributed by atoms with Crippen molar-refractivity contribution in [2.45, 2.75) is 12.8 Å². The van der Waals surface area contributed by atoms with Gasteiger partial charge in [0.25, 0.3) is 0 Å². The van der Waals surface area contributed by atoms with E-state index >= 15 is 0 Å². The van der Waals surface area contributed by atoms with Gasteiger partial charge in [-0.3, -0.25) is 19.9 Å². The van der Waals surface area contributed by atoms with Gasteiger partial charge >= 0.3 is 0 Å². The Hall–Kier alpha value is -2.56. The number of nitrogens with zero attached hydrogens (tertiary/aromatic N) is 2. The molecule has 0 spiro atoms. The number of hydrogen-bond acceptors (Lipinski definition) is 4. The van der Waals surface area contributed by atoms with E-state index in [2.05, 4.69) is 4.98 Å². The number of rotatable bonds is 7. The van der Waals surface area contributed by atoms with Gasteiger partial charge in [-0.15, -0.1) is 0 Å². The zero-order valence-corrected chi connectivity index (χ0v) is 11.5. The van der Waals surface area contributed by atoms with Crippen LogP contribution in [0.1, 0.15) is 22.5 Å². The molecule has 0 fully saturated rings. The van der Waals surface area contributed by atoms with Gasteiger partial charge in [0, 0.05) is 11.1 Å². The van der Waals surface area contributed by atoms with Crippen molar-refractivity contribution >= 4 is 5.78 Å². The van der Waals surface area contributed by atoms with Crippen molar-refractivity contribution in [3.8, 4) is 0 Å². The van der Waals surface area contributed by atoms with Crippen LogP contribution >= 0.6 is 0 Å². The number of aromatic nitrogens is 1. The molecule has 1 unspecified atom stereocenters. The SMILES string of the molecule is O=C(c1ccccn1)C(CCc1ccccc1)C[N+](=O)[O-]. The van der Waals surface area contributed by atoms with E-state index in [0.717, 1.165) is 5.56 Å². The summed E-state index contributed by atoms with van der Waals surface area (Å²) in [6.45, 7) is -0.359. The van der Waals surface area contributed by atoms with Crippen molar-refractivity contribution in [2.24, 2.45) is 5.92 Å². The average molecular weight is 284 g/mol. The van der Waals surface area contributed by atoms with Gasteiger partial charge in [-0.2, -0.15) is 0 Å². The first-order valence-electron chi connectivity index (χ1n) is 6.78.